The molecule has 1 fully saturated rings. The number of methoxy groups -OCH3 is 2. The molecule has 0 bridgehead atoms. The molecule has 1 aliphatic rings. The number of hydrogen-bond acceptors (Lipinski definition) is 4. The first-order chi connectivity index (χ1) is 10.8. The Hall–Kier alpha value is -2.04. The van der Waals surface area contributed by atoms with E-state index in [2.05, 4.69) is 34.9 Å². The van der Waals surface area contributed by atoms with Crippen LogP contribution in [0.2, 0.25) is 0 Å². The van der Waals surface area contributed by atoms with E-state index in [-0.39, 0.29) is 12.1 Å². The predicted molar refractivity (Wildman–Crippen MR) is 87.5 cm³/mol. The summed E-state index contributed by atoms with van der Waals surface area (Å²) in [5.41, 5.74) is 2.52. The Kier molecular flexibility index (Phi) is 4.61. The van der Waals surface area contributed by atoms with E-state index in [0.29, 0.717) is 0 Å². The van der Waals surface area contributed by atoms with Crippen molar-refractivity contribution in [3.05, 3.63) is 59.7 Å². The van der Waals surface area contributed by atoms with Gasteiger partial charge in [0.1, 0.15) is 11.5 Å². The zero-order valence-corrected chi connectivity index (χ0v) is 13.0. The third kappa shape index (κ3) is 3.08. The summed E-state index contributed by atoms with van der Waals surface area (Å²) in [4.78, 5) is 0. The van der Waals surface area contributed by atoms with Gasteiger partial charge in [0, 0.05) is 13.1 Å². The highest BCUT2D eigenvalue weighted by Crippen LogP contribution is 2.32. The van der Waals surface area contributed by atoms with Gasteiger partial charge in [-0.2, -0.15) is 0 Å². The second-order valence-electron chi connectivity index (χ2n) is 5.41. The van der Waals surface area contributed by atoms with Gasteiger partial charge in [-0.15, -0.1) is 0 Å². The summed E-state index contributed by atoms with van der Waals surface area (Å²) < 4.78 is 10.5. The number of piperazine rings is 1. The van der Waals surface area contributed by atoms with Crippen molar-refractivity contribution < 1.29 is 9.47 Å². The standard InChI is InChI=1S/C18H22N2O2/c1-21-15-7-3-13(4-8-15)17-18(20-12-11-19-17)14-5-9-16(22-2)10-6-14/h3-10,17-20H,11-12H2,1-2H3/t17-,18-/m1/s1. The highest BCUT2D eigenvalue weighted by atomic mass is 16.5. The monoisotopic (exact) mass is 298 g/mol. The van der Waals surface area contributed by atoms with E-state index in [4.69, 9.17) is 9.47 Å². The molecule has 116 valence electrons. The van der Waals surface area contributed by atoms with E-state index in [1.807, 2.05) is 24.3 Å². The highest BCUT2D eigenvalue weighted by Gasteiger charge is 2.27. The van der Waals surface area contributed by atoms with Crippen LogP contribution in [0.5, 0.6) is 11.5 Å². The van der Waals surface area contributed by atoms with Gasteiger partial charge in [-0.25, -0.2) is 0 Å². The van der Waals surface area contributed by atoms with Crippen LogP contribution in [0.15, 0.2) is 48.5 Å². The molecule has 0 aromatic heterocycles. The van der Waals surface area contributed by atoms with E-state index in [1.54, 1.807) is 14.2 Å². The van der Waals surface area contributed by atoms with Crippen LogP contribution in [0.25, 0.3) is 0 Å². The Morgan fingerprint density at radius 2 is 1.05 bits per heavy atom. The lowest BCUT2D eigenvalue weighted by Crippen LogP contribution is -2.45. The van der Waals surface area contributed by atoms with E-state index in [1.165, 1.54) is 11.1 Å². The van der Waals surface area contributed by atoms with E-state index in [0.717, 1.165) is 24.6 Å². The summed E-state index contributed by atoms with van der Waals surface area (Å²) in [6, 6.07) is 17.0. The van der Waals surface area contributed by atoms with Crippen LogP contribution in [-0.4, -0.2) is 27.3 Å². The molecule has 1 saturated heterocycles. The lowest BCUT2D eigenvalue weighted by molar-refractivity contribution is 0.332. The lowest BCUT2D eigenvalue weighted by atomic mass is 9.91. The second kappa shape index (κ2) is 6.81. The fraction of sp³-hybridized carbons (Fsp3) is 0.333. The van der Waals surface area contributed by atoms with Crippen LogP contribution in [0, 0.1) is 0 Å². The van der Waals surface area contributed by atoms with Crippen molar-refractivity contribution in [1.29, 1.82) is 0 Å². The SMILES string of the molecule is COc1ccc([C@H]2NCCN[C@@H]2c2ccc(OC)cc2)cc1. The average molecular weight is 298 g/mol. The Labute approximate surface area is 131 Å². The predicted octanol–water partition coefficient (Wildman–Crippen LogP) is 2.68. The number of hydrogen-bond donors (Lipinski definition) is 2. The minimum Gasteiger partial charge on any atom is -0.497 e. The third-order valence-electron chi connectivity index (χ3n) is 4.14. The minimum atomic E-state index is 0.244. The summed E-state index contributed by atoms with van der Waals surface area (Å²) in [5.74, 6) is 1.77. The molecule has 2 atom stereocenters. The number of nitrogens with one attached hydrogen (secondary N) is 2. The van der Waals surface area contributed by atoms with Gasteiger partial charge in [0.2, 0.25) is 0 Å². The van der Waals surface area contributed by atoms with Gasteiger partial charge in [0.15, 0.2) is 0 Å². The van der Waals surface area contributed by atoms with Crippen LogP contribution < -0.4 is 20.1 Å². The molecule has 4 nitrogen and oxygen atoms in total. The van der Waals surface area contributed by atoms with Crippen LogP contribution in [0.1, 0.15) is 23.2 Å². The maximum Gasteiger partial charge on any atom is 0.118 e. The summed E-state index contributed by atoms with van der Waals surface area (Å²) in [6.45, 7) is 1.92. The summed E-state index contributed by atoms with van der Waals surface area (Å²) in [7, 11) is 3.38. The maximum absolute atomic E-state index is 5.24. The van der Waals surface area contributed by atoms with Gasteiger partial charge in [0.05, 0.1) is 26.3 Å². The van der Waals surface area contributed by atoms with Gasteiger partial charge in [0.25, 0.3) is 0 Å². The zero-order valence-electron chi connectivity index (χ0n) is 13.0. The molecule has 2 N–H and O–H groups in total. The zero-order chi connectivity index (χ0) is 15.4. The Morgan fingerprint density at radius 3 is 1.36 bits per heavy atom. The van der Waals surface area contributed by atoms with Crippen LogP contribution in [-0.2, 0) is 0 Å². The molecular weight excluding hydrogens is 276 g/mol. The van der Waals surface area contributed by atoms with E-state index in [9.17, 15) is 0 Å². The molecule has 0 amide bonds. The van der Waals surface area contributed by atoms with Gasteiger partial charge in [-0.1, -0.05) is 24.3 Å². The maximum atomic E-state index is 5.24. The van der Waals surface area contributed by atoms with Crippen molar-refractivity contribution in [3.63, 3.8) is 0 Å². The summed E-state index contributed by atoms with van der Waals surface area (Å²) >= 11 is 0. The quantitative estimate of drug-likeness (QED) is 0.911. The van der Waals surface area contributed by atoms with Gasteiger partial charge >= 0.3 is 0 Å². The smallest absolute Gasteiger partial charge is 0.118 e. The number of benzene rings is 2. The van der Waals surface area contributed by atoms with Crippen LogP contribution in [0.4, 0.5) is 0 Å². The van der Waals surface area contributed by atoms with Crippen molar-refractivity contribution >= 4 is 0 Å². The van der Waals surface area contributed by atoms with E-state index >= 15 is 0 Å². The number of ether oxygens (including phenoxy) is 2. The average Bonchev–Trinajstić information content (AvgIpc) is 2.62. The third-order valence-corrected chi connectivity index (χ3v) is 4.14. The van der Waals surface area contributed by atoms with Crippen LogP contribution in [0.3, 0.4) is 0 Å². The highest BCUT2D eigenvalue weighted by molar-refractivity contribution is 5.35. The Balaban J connectivity index is 1.86. The molecular formula is C18H22N2O2. The summed E-state index contributed by atoms with van der Waals surface area (Å²) in [6.07, 6.45) is 0. The lowest BCUT2D eigenvalue weighted by Gasteiger charge is -2.34. The molecule has 0 aliphatic carbocycles. The van der Waals surface area contributed by atoms with Gasteiger partial charge in [-0.05, 0) is 35.4 Å². The molecule has 0 radical (unpaired) electrons. The number of rotatable bonds is 4. The molecule has 0 unspecified atom stereocenters. The summed E-state index contributed by atoms with van der Waals surface area (Å²) in [5, 5.41) is 7.23. The van der Waals surface area contributed by atoms with Crippen molar-refractivity contribution in [2.45, 2.75) is 12.1 Å². The second-order valence-corrected chi connectivity index (χ2v) is 5.41. The largest absolute Gasteiger partial charge is 0.497 e. The molecule has 2 aromatic rings. The fourth-order valence-corrected chi connectivity index (χ4v) is 2.93. The molecule has 0 spiro atoms. The molecule has 2 aromatic carbocycles. The first-order valence-corrected chi connectivity index (χ1v) is 7.56. The molecule has 4 heteroatoms. The van der Waals surface area contributed by atoms with Gasteiger partial charge in [-0.3, -0.25) is 0 Å². The first kappa shape index (κ1) is 14.9. The molecule has 1 heterocycles. The van der Waals surface area contributed by atoms with Gasteiger partial charge < -0.3 is 20.1 Å². The molecule has 1 aliphatic heterocycles. The minimum absolute atomic E-state index is 0.244. The molecule has 22 heavy (non-hydrogen) atoms. The fourth-order valence-electron chi connectivity index (χ4n) is 2.93. The topological polar surface area (TPSA) is 42.5 Å². The first-order valence-electron chi connectivity index (χ1n) is 7.56. The Morgan fingerprint density at radius 1 is 0.682 bits per heavy atom. The Bertz CT molecular complexity index is 540. The van der Waals surface area contributed by atoms with Crippen molar-refractivity contribution in [3.8, 4) is 11.5 Å². The molecule has 0 saturated carbocycles. The van der Waals surface area contributed by atoms with E-state index < -0.39 is 0 Å². The van der Waals surface area contributed by atoms with Crippen molar-refractivity contribution in [2.75, 3.05) is 27.3 Å². The van der Waals surface area contributed by atoms with Crippen molar-refractivity contribution in [2.24, 2.45) is 0 Å². The van der Waals surface area contributed by atoms with Crippen LogP contribution >= 0.6 is 0 Å². The molecule has 3 rings (SSSR count). The van der Waals surface area contributed by atoms with Crippen molar-refractivity contribution in [1.82, 2.24) is 10.6 Å². The normalized spacial score (nSPS) is 21.4.